The Morgan fingerprint density at radius 2 is 1.90 bits per heavy atom. The van der Waals surface area contributed by atoms with Crippen molar-refractivity contribution in [1.29, 1.82) is 0 Å². The third-order valence-electron chi connectivity index (χ3n) is 3.48. The van der Waals surface area contributed by atoms with Crippen molar-refractivity contribution in [2.75, 3.05) is 24.3 Å². The van der Waals surface area contributed by atoms with E-state index < -0.39 is 0 Å². The summed E-state index contributed by atoms with van der Waals surface area (Å²) < 4.78 is 5.14. The number of hydrogen-bond acceptors (Lipinski definition) is 5. The van der Waals surface area contributed by atoms with Gasteiger partial charge in [-0.3, -0.25) is 0 Å². The van der Waals surface area contributed by atoms with Crippen molar-refractivity contribution < 1.29 is 4.74 Å². The lowest BCUT2D eigenvalue weighted by Gasteiger charge is -2.21. The summed E-state index contributed by atoms with van der Waals surface area (Å²) in [6.45, 7) is 10.1. The molecule has 1 aromatic heterocycles. The molecule has 2 unspecified atom stereocenters. The highest BCUT2D eigenvalue weighted by molar-refractivity contribution is 5.48. The van der Waals surface area contributed by atoms with Gasteiger partial charge < -0.3 is 15.4 Å². The molecule has 5 nitrogen and oxygen atoms in total. The van der Waals surface area contributed by atoms with Gasteiger partial charge in [0.25, 0.3) is 0 Å². The zero-order valence-corrected chi connectivity index (χ0v) is 13.4. The highest BCUT2D eigenvalue weighted by Gasteiger charge is 2.12. The van der Waals surface area contributed by atoms with Crippen molar-refractivity contribution in [2.24, 2.45) is 5.92 Å². The van der Waals surface area contributed by atoms with Gasteiger partial charge in [0.15, 0.2) is 5.82 Å². The maximum atomic E-state index is 5.14. The molecule has 0 aliphatic rings. The summed E-state index contributed by atoms with van der Waals surface area (Å²) in [5.74, 6) is 3.02. The maximum Gasteiger partial charge on any atom is 0.158 e. The van der Waals surface area contributed by atoms with E-state index in [1.165, 1.54) is 0 Å². The van der Waals surface area contributed by atoms with Crippen LogP contribution in [0.25, 0.3) is 0 Å². The summed E-state index contributed by atoms with van der Waals surface area (Å²) in [5, 5.41) is 6.76. The van der Waals surface area contributed by atoms with Crippen LogP contribution < -0.4 is 10.6 Å². The molecule has 1 rings (SSSR count). The normalized spacial score (nSPS) is 13.8. The third-order valence-corrected chi connectivity index (χ3v) is 3.48. The van der Waals surface area contributed by atoms with Gasteiger partial charge >= 0.3 is 0 Å². The van der Waals surface area contributed by atoms with Crippen molar-refractivity contribution in [3.63, 3.8) is 0 Å². The quantitative estimate of drug-likeness (QED) is 0.727. The largest absolute Gasteiger partial charge is 0.377 e. The topological polar surface area (TPSA) is 59.1 Å². The monoisotopic (exact) mass is 280 g/mol. The summed E-state index contributed by atoms with van der Waals surface area (Å²) in [5.41, 5.74) is 0. The molecule has 0 spiro atoms. The van der Waals surface area contributed by atoms with Crippen LogP contribution in [0.5, 0.6) is 0 Å². The molecular formula is C15H28N4O. The first-order valence-electron chi connectivity index (χ1n) is 7.47. The average Bonchev–Trinajstić information content (AvgIpc) is 2.44. The smallest absolute Gasteiger partial charge is 0.158 e. The molecule has 0 fully saturated rings. The number of ether oxygens (including phenoxy) is 1. The standard InChI is InChI=1S/C15H28N4O/c1-6-8-16-13-9-14(17-12(4)11(3)7-2)19-15(18-13)10-20-5/h9,11-12H,6-8,10H2,1-5H3,(H2,16,17,18,19). The van der Waals surface area contributed by atoms with Crippen LogP contribution in [0.3, 0.4) is 0 Å². The van der Waals surface area contributed by atoms with E-state index in [2.05, 4.69) is 48.3 Å². The van der Waals surface area contributed by atoms with Crippen molar-refractivity contribution in [2.45, 2.75) is 53.2 Å². The highest BCUT2D eigenvalue weighted by atomic mass is 16.5. The van der Waals surface area contributed by atoms with E-state index in [-0.39, 0.29) is 0 Å². The van der Waals surface area contributed by atoms with Gasteiger partial charge in [-0.15, -0.1) is 0 Å². The lowest BCUT2D eigenvalue weighted by Crippen LogP contribution is -2.24. The average molecular weight is 280 g/mol. The van der Waals surface area contributed by atoms with Crippen molar-refractivity contribution in [3.05, 3.63) is 11.9 Å². The molecule has 0 saturated heterocycles. The molecule has 5 heteroatoms. The molecule has 1 aromatic rings. The number of aromatic nitrogens is 2. The van der Waals surface area contributed by atoms with E-state index in [0.29, 0.717) is 24.4 Å². The van der Waals surface area contributed by atoms with E-state index in [9.17, 15) is 0 Å². The van der Waals surface area contributed by atoms with Gasteiger partial charge in [0.05, 0.1) is 0 Å². The SMILES string of the molecule is CCCNc1cc(NC(C)C(C)CC)nc(COC)n1. The van der Waals surface area contributed by atoms with E-state index in [1.807, 2.05) is 6.07 Å². The molecule has 2 N–H and O–H groups in total. The van der Waals surface area contributed by atoms with Gasteiger partial charge in [-0.25, -0.2) is 9.97 Å². The van der Waals surface area contributed by atoms with Crippen molar-refractivity contribution in [3.8, 4) is 0 Å². The van der Waals surface area contributed by atoms with Crippen LogP contribution in [0.1, 0.15) is 46.4 Å². The van der Waals surface area contributed by atoms with Crippen molar-refractivity contribution in [1.82, 2.24) is 9.97 Å². The van der Waals surface area contributed by atoms with Gasteiger partial charge in [0.2, 0.25) is 0 Å². The molecule has 0 aliphatic heterocycles. The van der Waals surface area contributed by atoms with Crippen LogP contribution >= 0.6 is 0 Å². The fourth-order valence-corrected chi connectivity index (χ4v) is 1.84. The Balaban J connectivity index is 2.84. The Morgan fingerprint density at radius 3 is 2.50 bits per heavy atom. The molecule has 0 bridgehead atoms. The third kappa shape index (κ3) is 5.33. The lowest BCUT2D eigenvalue weighted by atomic mass is 10.0. The first-order valence-corrected chi connectivity index (χ1v) is 7.47. The van der Waals surface area contributed by atoms with Crippen LogP contribution in [0.2, 0.25) is 0 Å². The van der Waals surface area contributed by atoms with E-state index in [1.54, 1.807) is 7.11 Å². The molecule has 0 aliphatic carbocycles. The molecule has 20 heavy (non-hydrogen) atoms. The second-order valence-electron chi connectivity index (χ2n) is 5.23. The Labute approximate surface area is 122 Å². The fraction of sp³-hybridized carbons (Fsp3) is 0.733. The first kappa shape index (κ1) is 16.7. The maximum absolute atomic E-state index is 5.14. The van der Waals surface area contributed by atoms with E-state index in [4.69, 9.17) is 4.74 Å². The molecule has 1 heterocycles. The highest BCUT2D eigenvalue weighted by Crippen LogP contribution is 2.16. The fourth-order valence-electron chi connectivity index (χ4n) is 1.84. The van der Waals surface area contributed by atoms with Crippen LogP contribution in [0.4, 0.5) is 11.6 Å². The van der Waals surface area contributed by atoms with Crippen LogP contribution in [0, 0.1) is 5.92 Å². The Bertz CT molecular complexity index is 397. The molecule has 0 aromatic carbocycles. The number of anilines is 2. The molecule has 0 saturated carbocycles. The summed E-state index contributed by atoms with van der Waals surface area (Å²) in [4.78, 5) is 8.95. The predicted octanol–water partition coefficient (Wildman–Crippen LogP) is 3.29. The zero-order valence-electron chi connectivity index (χ0n) is 13.4. The summed E-state index contributed by atoms with van der Waals surface area (Å²) >= 11 is 0. The summed E-state index contributed by atoms with van der Waals surface area (Å²) in [6, 6.07) is 2.34. The summed E-state index contributed by atoms with van der Waals surface area (Å²) in [6.07, 6.45) is 2.21. The molecule has 0 radical (unpaired) electrons. The van der Waals surface area contributed by atoms with Gasteiger partial charge in [0.1, 0.15) is 18.2 Å². The number of nitrogens with zero attached hydrogens (tertiary/aromatic N) is 2. The minimum Gasteiger partial charge on any atom is -0.377 e. The van der Waals surface area contributed by atoms with Gasteiger partial charge in [0, 0.05) is 25.8 Å². The van der Waals surface area contributed by atoms with Crippen LogP contribution in [-0.4, -0.2) is 29.7 Å². The number of nitrogens with one attached hydrogen (secondary N) is 2. The zero-order chi connectivity index (χ0) is 15.0. The Hall–Kier alpha value is -1.36. The van der Waals surface area contributed by atoms with Gasteiger partial charge in [-0.1, -0.05) is 27.2 Å². The number of rotatable bonds is 9. The van der Waals surface area contributed by atoms with Gasteiger partial charge in [-0.05, 0) is 19.3 Å². The van der Waals surface area contributed by atoms with E-state index in [0.717, 1.165) is 31.0 Å². The minimum atomic E-state index is 0.379. The summed E-state index contributed by atoms with van der Waals surface area (Å²) in [7, 11) is 1.66. The number of methoxy groups -OCH3 is 1. The molecule has 0 amide bonds. The second-order valence-corrected chi connectivity index (χ2v) is 5.23. The Kier molecular flexibility index (Phi) is 7.30. The van der Waals surface area contributed by atoms with Crippen LogP contribution in [-0.2, 0) is 11.3 Å². The van der Waals surface area contributed by atoms with Crippen LogP contribution in [0.15, 0.2) is 6.07 Å². The molecular weight excluding hydrogens is 252 g/mol. The van der Waals surface area contributed by atoms with Crippen molar-refractivity contribution >= 4 is 11.6 Å². The molecule has 2 atom stereocenters. The predicted molar refractivity (Wildman–Crippen MR) is 84.1 cm³/mol. The lowest BCUT2D eigenvalue weighted by molar-refractivity contribution is 0.178. The van der Waals surface area contributed by atoms with E-state index >= 15 is 0 Å². The van der Waals surface area contributed by atoms with Gasteiger partial charge in [-0.2, -0.15) is 0 Å². The first-order chi connectivity index (χ1) is 9.60. The second kappa shape index (κ2) is 8.74. The Morgan fingerprint density at radius 1 is 1.20 bits per heavy atom. The number of hydrogen-bond donors (Lipinski definition) is 2. The minimum absolute atomic E-state index is 0.379. The molecule has 114 valence electrons.